The second-order valence-electron chi connectivity index (χ2n) is 5.90. The molecular formula is C18H24N2O2. The highest BCUT2D eigenvalue weighted by molar-refractivity contribution is 5.94. The smallest absolute Gasteiger partial charge is 0.244 e. The second-order valence-corrected chi connectivity index (χ2v) is 5.90. The minimum absolute atomic E-state index is 0.0290. The fourth-order valence-electron chi connectivity index (χ4n) is 2.75. The number of benzene rings is 1. The molecule has 22 heavy (non-hydrogen) atoms. The minimum Gasteiger partial charge on any atom is -0.352 e. The first-order chi connectivity index (χ1) is 10.6. The first-order valence-corrected chi connectivity index (χ1v) is 7.95. The van der Waals surface area contributed by atoms with Crippen LogP contribution in [-0.2, 0) is 9.59 Å². The summed E-state index contributed by atoms with van der Waals surface area (Å²) < 4.78 is 0. The van der Waals surface area contributed by atoms with E-state index in [9.17, 15) is 9.59 Å². The predicted octanol–water partition coefficient (Wildman–Crippen LogP) is 2.51. The van der Waals surface area contributed by atoms with Crippen LogP contribution in [0.25, 0.3) is 6.08 Å². The summed E-state index contributed by atoms with van der Waals surface area (Å²) in [6.07, 6.45) is 7.80. The number of carbonyl (C=O) groups excluding carboxylic acids is 2. The van der Waals surface area contributed by atoms with Crippen LogP contribution in [0.3, 0.4) is 0 Å². The molecule has 2 atom stereocenters. The van der Waals surface area contributed by atoms with Gasteiger partial charge in [-0.25, -0.2) is 0 Å². The molecule has 0 bridgehead atoms. The van der Waals surface area contributed by atoms with Gasteiger partial charge < -0.3 is 10.6 Å². The van der Waals surface area contributed by atoms with Crippen LogP contribution < -0.4 is 10.6 Å². The molecule has 1 aromatic rings. The summed E-state index contributed by atoms with van der Waals surface area (Å²) in [6, 6.07) is 9.83. The molecule has 0 spiro atoms. The average molecular weight is 300 g/mol. The Hall–Kier alpha value is -2.10. The van der Waals surface area contributed by atoms with E-state index in [1.807, 2.05) is 30.3 Å². The van der Waals surface area contributed by atoms with Crippen molar-refractivity contribution in [3.63, 3.8) is 0 Å². The van der Waals surface area contributed by atoms with Gasteiger partial charge in [0, 0.05) is 12.1 Å². The lowest BCUT2D eigenvalue weighted by Crippen LogP contribution is -2.45. The molecule has 2 amide bonds. The van der Waals surface area contributed by atoms with Crippen molar-refractivity contribution in [2.75, 3.05) is 6.54 Å². The van der Waals surface area contributed by atoms with Crippen LogP contribution in [0.15, 0.2) is 36.4 Å². The van der Waals surface area contributed by atoms with Gasteiger partial charge in [-0.15, -0.1) is 0 Å². The molecule has 0 saturated heterocycles. The van der Waals surface area contributed by atoms with E-state index in [2.05, 4.69) is 17.6 Å². The van der Waals surface area contributed by atoms with Crippen LogP contribution in [0.1, 0.15) is 38.2 Å². The molecule has 0 aromatic heterocycles. The molecule has 2 N–H and O–H groups in total. The maximum absolute atomic E-state index is 11.9. The van der Waals surface area contributed by atoms with Crippen LogP contribution >= 0.6 is 0 Å². The molecule has 0 aliphatic heterocycles. The molecule has 0 radical (unpaired) electrons. The monoisotopic (exact) mass is 300 g/mol. The topological polar surface area (TPSA) is 58.2 Å². The Morgan fingerprint density at radius 1 is 1.18 bits per heavy atom. The molecule has 118 valence electrons. The molecule has 1 fully saturated rings. The van der Waals surface area contributed by atoms with Gasteiger partial charge in [-0.2, -0.15) is 0 Å². The van der Waals surface area contributed by atoms with Crippen molar-refractivity contribution in [1.29, 1.82) is 0 Å². The minimum atomic E-state index is -0.254. The third-order valence-corrected chi connectivity index (χ3v) is 4.11. The summed E-state index contributed by atoms with van der Waals surface area (Å²) in [5, 5.41) is 5.64. The third-order valence-electron chi connectivity index (χ3n) is 4.11. The van der Waals surface area contributed by atoms with E-state index < -0.39 is 0 Å². The Bertz CT molecular complexity index is 525. The Kier molecular flexibility index (Phi) is 6.19. The number of rotatable bonds is 5. The zero-order valence-corrected chi connectivity index (χ0v) is 13.0. The van der Waals surface area contributed by atoms with Gasteiger partial charge in [-0.1, -0.05) is 50.1 Å². The van der Waals surface area contributed by atoms with Crippen LogP contribution in [0.5, 0.6) is 0 Å². The molecule has 1 aliphatic rings. The highest BCUT2D eigenvalue weighted by atomic mass is 16.2. The average Bonchev–Trinajstić information content (AvgIpc) is 2.54. The summed E-state index contributed by atoms with van der Waals surface area (Å²) in [5.41, 5.74) is 0.957. The number of hydrogen-bond donors (Lipinski definition) is 2. The fraction of sp³-hybridized carbons (Fsp3) is 0.444. The summed E-state index contributed by atoms with van der Waals surface area (Å²) in [6.45, 7) is 2.20. The SMILES string of the molecule is C[C@@H]1CCCC[C@@H]1NC(=O)CNC(=O)/C=C/c1ccccc1. The summed E-state index contributed by atoms with van der Waals surface area (Å²) >= 11 is 0. The Labute approximate surface area is 132 Å². The fourth-order valence-corrected chi connectivity index (χ4v) is 2.75. The predicted molar refractivity (Wildman–Crippen MR) is 88.0 cm³/mol. The van der Waals surface area contributed by atoms with Crippen molar-refractivity contribution < 1.29 is 9.59 Å². The zero-order valence-electron chi connectivity index (χ0n) is 13.0. The van der Waals surface area contributed by atoms with Gasteiger partial charge in [0.05, 0.1) is 6.54 Å². The quantitative estimate of drug-likeness (QED) is 0.821. The standard InChI is InChI=1S/C18H24N2O2/c1-14-7-5-6-10-16(14)20-18(22)13-19-17(21)12-11-15-8-3-2-4-9-15/h2-4,8-9,11-12,14,16H,5-7,10,13H2,1H3,(H,19,21)(H,20,22)/b12-11+/t14-,16+/m1/s1. The normalized spacial score (nSPS) is 21.5. The lowest BCUT2D eigenvalue weighted by atomic mass is 9.86. The second kappa shape index (κ2) is 8.37. The number of amides is 2. The Balaban J connectivity index is 1.71. The first kappa shape index (κ1) is 16.3. The molecule has 4 heteroatoms. The third kappa shape index (κ3) is 5.35. The van der Waals surface area contributed by atoms with Gasteiger partial charge in [-0.05, 0) is 30.4 Å². The Morgan fingerprint density at radius 2 is 1.91 bits per heavy atom. The van der Waals surface area contributed by atoms with Gasteiger partial charge >= 0.3 is 0 Å². The molecule has 1 aliphatic carbocycles. The van der Waals surface area contributed by atoms with Crippen LogP contribution in [0.2, 0.25) is 0 Å². The molecule has 0 heterocycles. The highest BCUT2D eigenvalue weighted by Gasteiger charge is 2.22. The summed E-state index contributed by atoms with van der Waals surface area (Å²) in [4.78, 5) is 23.6. The number of carbonyl (C=O) groups is 2. The van der Waals surface area contributed by atoms with Crippen LogP contribution in [-0.4, -0.2) is 24.4 Å². The maximum Gasteiger partial charge on any atom is 0.244 e. The largest absolute Gasteiger partial charge is 0.352 e. The summed E-state index contributed by atoms with van der Waals surface area (Å²) in [7, 11) is 0. The molecule has 2 rings (SSSR count). The summed E-state index contributed by atoms with van der Waals surface area (Å²) in [5.74, 6) is 0.155. The lowest BCUT2D eigenvalue weighted by molar-refractivity contribution is -0.124. The van der Waals surface area contributed by atoms with E-state index in [-0.39, 0.29) is 24.4 Å². The van der Waals surface area contributed by atoms with Gasteiger partial charge in [0.15, 0.2) is 0 Å². The lowest BCUT2D eigenvalue weighted by Gasteiger charge is -2.29. The molecular weight excluding hydrogens is 276 g/mol. The van der Waals surface area contributed by atoms with Gasteiger partial charge in [0.2, 0.25) is 11.8 Å². The van der Waals surface area contributed by atoms with Gasteiger partial charge in [0.25, 0.3) is 0 Å². The van der Waals surface area contributed by atoms with Crippen LogP contribution in [0.4, 0.5) is 0 Å². The van der Waals surface area contributed by atoms with E-state index >= 15 is 0 Å². The van der Waals surface area contributed by atoms with Crippen molar-refractivity contribution in [3.8, 4) is 0 Å². The molecule has 1 saturated carbocycles. The van der Waals surface area contributed by atoms with E-state index in [0.29, 0.717) is 5.92 Å². The molecule has 4 nitrogen and oxygen atoms in total. The van der Waals surface area contributed by atoms with Crippen molar-refractivity contribution in [2.24, 2.45) is 5.92 Å². The maximum atomic E-state index is 11.9. The zero-order chi connectivity index (χ0) is 15.8. The van der Waals surface area contributed by atoms with Crippen molar-refractivity contribution in [2.45, 2.75) is 38.6 Å². The van der Waals surface area contributed by atoms with E-state index in [1.54, 1.807) is 6.08 Å². The van der Waals surface area contributed by atoms with Crippen molar-refractivity contribution >= 4 is 17.9 Å². The van der Waals surface area contributed by atoms with E-state index in [4.69, 9.17) is 0 Å². The van der Waals surface area contributed by atoms with E-state index in [0.717, 1.165) is 18.4 Å². The number of nitrogens with one attached hydrogen (secondary N) is 2. The number of hydrogen-bond acceptors (Lipinski definition) is 2. The molecule has 1 aromatic carbocycles. The molecule has 0 unspecified atom stereocenters. The van der Waals surface area contributed by atoms with Gasteiger partial charge in [-0.3, -0.25) is 9.59 Å². The van der Waals surface area contributed by atoms with Crippen molar-refractivity contribution in [1.82, 2.24) is 10.6 Å². The van der Waals surface area contributed by atoms with Crippen LogP contribution in [0, 0.1) is 5.92 Å². The Morgan fingerprint density at radius 3 is 2.64 bits per heavy atom. The van der Waals surface area contributed by atoms with Gasteiger partial charge in [0.1, 0.15) is 0 Å². The van der Waals surface area contributed by atoms with Crippen molar-refractivity contribution in [3.05, 3.63) is 42.0 Å². The highest BCUT2D eigenvalue weighted by Crippen LogP contribution is 2.23. The first-order valence-electron chi connectivity index (χ1n) is 7.95. The van der Waals surface area contributed by atoms with E-state index in [1.165, 1.54) is 18.9 Å².